The number of aromatic carboxylic acids is 1. The van der Waals surface area contributed by atoms with E-state index in [0.717, 1.165) is 18.6 Å². The molecule has 0 radical (unpaired) electrons. The molecule has 0 bridgehead atoms. The summed E-state index contributed by atoms with van der Waals surface area (Å²) in [7, 11) is -1.32. The molecule has 6 heteroatoms. The monoisotopic (exact) mass is 272 g/mol. The third kappa shape index (κ3) is 2.94. The van der Waals surface area contributed by atoms with Gasteiger partial charge in [-0.15, -0.1) is 0 Å². The summed E-state index contributed by atoms with van der Waals surface area (Å²) in [6.45, 7) is 1.25. The van der Waals surface area contributed by atoms with Crippen molar-refractivity contribution in [3.05, 3.63) is 29.6 Å². The van der Waals surface area contributed by atoms with Gasteiger partial charge in [0.05, 0.1) is 23.0 Å². The van der Waals surface area contributed by atoms with E-state index in [9.17, 15) is 13.4 Å². The Labute approximate surface area is 106 Å². The van der Waals surface area contributed by atoms with Gasteiger partial charge in [0.2, 0.25) is 0 Å². The largest absolute Gasteiger partial charge is 0.478 e. The van der Waals surface area contributed by atoms with E-state index in [1.165, 1.54) is 6.07 Å². The van der Waals surface area contributed by atoms with Gasteiger partial charge in [-0.2, -0.15) is 0 Å². The van der Waals surface area contributed by atoms with Crippen molar-refractivity contribution in [2.75, 3.05) is 19.0 Å². The minimum absolute atomic E-state index is 0.226. The highest BCUT2D eigenvalue weighted by Gasteiger charge is 2.20. The van der Waals surface area contributed by atoms with Gasteiger partial charge in [0.15, 0.2) is 0 Å². The van der Waals surface area contributed by atoms with Crippen LogP contribution < -0.4 is 0 Å². The molecule has 98 valence electrons. The predicted octanol–water partition coefficient (Wildman–Crippen LogP) is 1.67. The lowest BCUT2D eigenvalue weighted by atomic mass is 10.2. The number of hydrogen-bond acceptors (Lipinski definition) is 3. The van der Waals surface area contributed by atoms with E-state index >= 15 is 0 Å². The minimum Gasteiger partial charge on any atom is -0.478 e. The lowest BCUT2D eigenvalue weighted by molar-refractivity contribution is 0.0691. The van der Waals surface area contributed by atoms with E-state index in [2.05, 4.69) is 0 Å². The van der Waals surface area contributed by atoms with Crippen LogP contribution in [0.1, 0.15) is 16.8 Å². The van der Waals surface area contributed by atoms with Crippen LogP contribution in [0.25, 0.3) is 0 Å². The van der Waals surface area contributed by atoms with Crippen molar-refractivity contribution in [3.8, 4) is 0 Å². The highest BCUT2D eigenvalue weighted by atomic mass is 32.2. The molecule has 1 aromatic rings. The number of ether oxygens (including phenoxy) is 1. The van der Waals surface area contributed by atoms with E-state index in [-0.39, 0.29) is 5.92 Å². The number of hydrogen-bond donors (Lipinski definition) is 1. The number of benzene rings is 1. The van der Waals surface area contributed by atoms with E-state index in [4.69, 9.17) is 9.84 Å². The normalized spacial score (nSPS) is 20.8. The summed E-state index contributed by atoms with van der Waals surface area (Å²) >= 11 is 0. The summed E-state index contributed by atoms with van der Waals surface area (Å²) in [5.41, 5.74) is -0.441. The Hall–Kier alpha value is -1.27. The van der Waals surface area contributed by atoms with Crippen LogP contribution in [0.5, 0.6) is 0 Å². The van der Waals surface area contributed by atoms with Crippen molar-refractivity contribution in [1.29, 1.82) is 0 Å². The molecule has 1 aromatic carbocycles. The topological polar surface area (TPSA) is 63.6 Å². The number of rotatable bonds is 4. The van der Waals surface area contributed by atoms with E-state index in [1.807, 2.05) is 0 Å². The minimum atomic E-state index is -1.35. The second-order valence-electron chi connectivity index (χ2n) is 4.19. The highest BCUT2D eigenvalue weighted by Crippen LogP contribution is 2.19. The second kappa shape index (κ2) is 5.58. The summed E-state index contributed by atoms with van der Waals surface area (Å²) in [5, 5.41) is 8.80. The van der Waals surface area contributed by atoms with Crippen molar-refractivity contribution in [2.45, 2.75) is 11.3 Å². The summed E-state index contributed by atoms with van der Waals surface area (Å²) in [6.07, 6.45) is 0.860. The van der Waals surface area contributed by atoms with E-state index in [0.29, 0.717) is 23.9 Å². The van der Waals surface area contributed by atoms with Gasteiger partial charge in [0, 0.05) is 17.3 Å². The van der Waals surface area contributed by atoms with Crippen LogP contribution in [0.4, 0.5) is 4.39 Å². The van der Waals surface area contributed by atoms with Crippen molar-refractivity contribution < 1.29 is 23.2 Å². The van der Waals surface area contributed by atoms with Crippen LogP contribution in [0.2, 0.25) is 0 Å². The number of carbonyl (C=O) groups is 1. The molecule has 0 aromatic heterocycles. The Bertz CT molecular complexity index is 483. The summed E-state index contributed by atoms with van der Waals surface area (Å²) in [4.78, 5) is 11.1. The van der Waals surface area contributed by atoms with Gasteiger partial charge in [0.25, 0.3) is 0 Å². The summed E-state index contributed by atoms with van der Waals surface area (Å²) < 4.78 is 30.4. The lowest BCUT2D eigenvalue weighted by Crippen LogP contribution is -2.12. The summed E-state index contributed by atoms with van der Waals surface area (Å²) in [6, 6.07) is 3.55. The average Bonchev–Trinajstić information content (AvgIpc) is 2.81. The zero-order valence-corrected chi connectivity index (χ0v) is 10.4. The molecule has 2 rings (SSSR count). The Balaban J connectivity index is 2.14. The molecular formula is C12H13FO4S. The number of carboxylic acid groups (broad SMARTS) is 1. The van der Waals surface area contributed by atoms with Crippen molar-refractivity contribution in [3.63, 3.8) is 0 Å². The van der Waals surface area contributed by atoms with Crippen LogP contribution in [-0.4, -0.2) is 34.3 Å². The van der Waals surface area contributed by atoms with Gasteiger partial charge in [-0.05, 0) is 30.5 Å². The molecule has 2 atom stereocenters. The number of halogens is 1. The third-order valence-electron chi connectivity index (χ3n) is 2.84. The molecule has 1 N–H and O–H groups in total. The molecule has 1 heterocycles. The number of carboxylic acids is 1. The zero-order valence-electron chi connectivity index (χ0n) is 9.60. The molecule has 0 aliphatic carbocycles. The maximum absolute atomic E-state index is 13.2. The molecule has 1 aliphatic rings. The second-order valence-corrected chi connectivity index (χ2v) is 5.68. The molecule has 2 unspecified atom stereocenters. The fourth-order valence-electron chi connectivity index (χ4n) is 1.83. The van der Waals surface area contributed by atoms with Crippen LogP contribution in [0.3, 0.4) is 0 Å². The van der Waals surface area contributed by atoms with Gasteiger partial charge < -0.3 is 9.84 Å². The first-order valence-electron chi connectivity index (χ1n) is 5.57. The third-order valence-corrected chi connectivity index (χ3v) is 4.40. The molecule has 4 nitrogen and oxygen atoms in total. The SMILES string of the molecule is O=C(O)c1cc(S(=O)CC2CCOC2)ccc1F. The molecule has 18 heavy (non-hydrogen) atoms. The quantitative estimate of drug-likeness (QED) is 0.905. The van der Waals surface area contributed by atoms with Gasteiger partial charge in [0.1, 0.15) is 5.82 Å². The maximum atomic E-state index is 13.2. The Morgan fingerprint density at radius 2 is 2.33 bits per heavy atom. The fraction of sp³-hybridized carbons (Fsp3) is 0.417. The van der Waals surface area contributed by atoms with Crippen molar-refractivity contribution in [2.24, 2.45) is 5.92 Å². The Kier molecular flexibility index (Phi) is 4.08. The lowest BCUT2D eigenvalue weighted by Gasteiger charge is -2.08. The fourth-order valence-corrected chi connectivity index (χ4v) is 3.19. The van der Waals surface area contributed by atoms with E-state index in [1.54, 1.807) is 0 Å². The van der Waals surface area contributed by atoms with Gasteiger partial charge >= 0.3 is 5.97 Å². The Morgan fingerprint density at radius 3 is 2.94 bits per heavy atom. The van der Waals surface area contributed by atoms with Gasteiger partial charge in [-0.1, -0.05) is 0 Å². The average molecular weight is 272 g/mol. The molecule has 1 fully saturated rings. The van der Waals surface area contributed by atoms with Crippen molar-refractivity contribution >= 4 is 16.8 Å². The van der Waals surface area contributed by atoms with E-state index < -0.39 is 28.1 Å². The predicted molar refractivity (Wildman–Crippen MR) is 63.6 cm³/mol. The molecular weight excluding hydrogens is 259 g/mol. The molecule has 0 saturated carbocycles. The first-order chi connectivity index (χ1) is 8.58. The standard InChI is InChI=1S/C12H13FO4S/c13-11-2-1-9(5-10(11)12(14)15)18(16)7-8-3-4-17-6-8/h1-2,5,8H,3-4,6-7H2,(H,14,15). The maximum Gasteiger partial charge on any atom is 0.338 e. The highest BCUT2D eigenvalue weighted by molar-refractivity contribution is 7.85. The first kappa shape index (κ1) is 13.2. The smallest absolute Gasteiger partial charge is 0.338 e. The summed E-state index contributed by atoms with van der Waals surface area (Å²) in [5.74, 6) is -1.52. The Morgan fingerprint density at radius 1 is 1.56 bits per heavy atom. The van der Waals surface area contributed by atoms with Crippen LogP contribution in [0, 0.1) is 11.7 Å². The molecule has 1 aliphatic heterocycles. The molecule has 0 amide bonds. The first-order valence-corrected chi connectivity index (χ1v) is 6.89. The van der Waals surface area contributed by atoms with Crippen LogP contribution >= 0.6 is 0 Å². The van der Waals surface area contributed by atoms with Gasteiger partial charge in [-0.25, -0.2) is 9.18 Å². The van der Waals surface area contributed by atoms with Gasteiger partial charge in [-0.3, -0.25) is 4.21 Å². The van der Waals surface area contributed by atoms with Crippen LogP contribution in [-0.2, 0) is 15.5 Å². The molecule has 1 saturated heterocycles. The van der Waals surface area contributed by atoms with Crippen LogP contribution in [0.15, 0.2) is 23.1 Å². The zero-order chi connectivity index (χ0) is 13.1. The molecule has 0 spiro atoms. The van der Waals surface area contributed by atoms with Crippen molar-refractivity contribution in [1.82, 2.24) is 0 Å².